The van der Waals surface area contributed by atoms with E-state index >= 15 is 0 Å². The Morgan fingerprint density at radius 1 is 1.38 bits per heavy atom. The van der Waals surface area contributed by atoms with E-state index in [2.05, 4.69) is 30.0 Å². The van der Waals surface area contributed by atoms with Crippen molar-refractivity contribution in [1.29, 1.82) is 5.26 Å². The smallest absolute Gasteiger partial charge is 0.0669 e. The minimum atomic E-state index is 0.487. The van der Waals surface area contributed by atoms with Gasteiger partial charge in [-0.15, -0.1) is 0 Å². The zero-order valence-electron chi connectivity index (χ0n) is 8.33. The number of benzene rings is 1. The van der Waals surface area contributed by atoms with Crippen molar-refractivity contribution >= 4 is 5.69 Å². The van der Waals surface area contributed by atoms with Crippen LogP contribution < -0.4 is 4.90 Å². The van der Waals surface area contributed by atoms with Gasteiger partial charge in [0.05, 0.1) is 12.5 Å². The number of hydrogen-bond acceptors (Lipinski definition) is 2. The molecule has 0 atom stereocenters. The van der Waals surface area contributed by atoms with Crippen molar-refractivity contribution < 1.29 is 0 Å². The van der Waals surface area contributed by atoms with Crippen LogP contribution in [0, 0.1) is 18.3 Å². The number of rotatable bonds is 2. The van der Waals surface area contributed by atoms with Crippen LogP contribution in [0.25, 0.3) is 0 Å². The lowest BCUT2D eigenvalue weighted by molar-refractivity contribution is 1.10. The molecule has 68 valence electrons. The maximum atomic E-state index is 8.55. The number of anilines is 1. The van der Waals surface area contributed by atoms with Gasteiger partial charge in [-0.2, -0.15) is 5.26 Å². The largest absolute Gasteiger partial charge is 0.377 e. The van der Waals surface area contributed by atoms with Crippen LogP contribution in [-0.2, 0) is 6.42 Å². The normalized spacial score (nSPS) is 9.38. The summed E-state index contributed by atoms with van der Waals surface area (Å²) < 4.78 is 0. The second-order valence-electron chi connectivity index (χ2n) is 3.35. The van der Waals surface area contributed by atoms with Gasteiger partial charge in [-0.3, -0.25) is 0 Å². The number of hydrogen-bond donors (Lipinski definition) is 0. The first-order valence-electron chi connectivity index (χ1n) is 4.29. The van der Waals surface area contributed by atoms with Crippen molar-refractivity contribution in [2.75, 3.05) is 19.0 Å². The molecule has 2 nitrogen and oxygen atoms in total. The molecule has 0 unspecified atom stereocenters. The maximum Gasteiger partial charge on any atom is 0.0669 e. The molecule has 0 saturated carbocycles. The third kappa shape index (κ3) is 2.22. The summed E-state index contributed by atoms with van der Waals surface area (Å²) in [7, 11) is 4.02. The highest BCUT2D eigenvalue weighted by atomic mass is 15.1. The van der Waals surface area contributed by atoms with Crippen molar-refractivity contribution in [3.8, 4) is 6.07 Å². The standard InChI is InChI=1S/C11H14N2/c1-9-4-5-10(6-7-12)8-11(9)13(2)3/h4-5,8H,6H2,1-3H3. The van der Waals surface area contributed by atoms with E-state index in [1.807, 2.05) is 20.2 Å². The van der Waals surface area contributed by atoms with E-state index < -0.39 is 0 Å². The predicted molar refractivity (Wildman–Crippen MR) is 54.8 cm³/mol. The predicted octanol–water partition coefficient (Wildman–Crippen LogP) is 2.13. The van der Waals surface area contributed by atoms with Crippen molar-refractivity contribution in [2.24, 2.45) is 0 Å². The molecule has 0 heterocycles. The van der Waals surface area contributed by atoms with Gasteiger partial charge in [0, 0.05) is 19.8 Å². The molecule has 0 aliphatic carbocycles. The lowest BCUT2D eigenvalue weighted by Crippen LogP contribution is -2.10. The van der Waals surface area contributed by atoms with E-state index in [4.69, 9.17) is 5.26 Å². The SMILES string of the molecule is Cc1ccc(CC#N)cc1N(C)C. The molecule has 0 bridgehead atoms. The van der Waals surface area contributed by atoms with Crippen LogP contribution in [0.15, 0.2) is 18.2 Å². The molecule has 1 rings (SSSR count). The van der Waals surface area contributed by atoms with Gasteiger partial charge in [0.1, 0.15) is 0 Å². The molecule has 2 heteroatoms. The molecule has 1 aromatic rings. The van der Waals surface area contributed by atoms with E-state index in [0.717, 1.165) is 5.56 Å². The molecule has 0 N–H and O–H groups in total. The Morgan fingerprint density at radius 2 is 2.08 bits per heavy atom. The van der Waals surface area contributed by atoms with Crippen LogP contribution in [0.4, 0.5) is 5.69 Å². The first-order valence-corrected chi connectivity index (χ1v) is 4.29. The number of aryl methyl sites for hydroxylation is 1. The second kappa shape index (κ2) is 3.95. The third-order valence-electron chi connectivity index (χ3n) is 2.04. The zero-order chi connectivity index (χ0) is 9.84. The Hall–Kier alpha value is -1.49. The molecule has 1 aromatic carbocycles. The van der Waals surface area contributed by atoms with Gasteiger partial charge >= 0.3 is 0 Å². The zero-order valence-corrected chi connectivity index (χ0v) is 8.33. The van der Waals surface area contributed by atoms with Gasteiger partial charge in [0.15, 0.2) is 0 Å². The van der Waals surface area contributed by atoms with E-state index in [9.17, 15) is 0 Å². The highest BCUT2D eigenvalue weighted by Gasteiger charge is 2.01. The fourth-order valence-electron chi connectivity index (χ4n) is 1.34. The fraction of sp³-hybridized carbons (Fsp3) is 0.364. The Balaban J connectivity index is 3.05. The molecule has 0 spiro atoms. The summed E-state index contributed by atoms with van der Waals surface area (Å²) >= 11 is 0. The van der Waals surface area contributed by atoms with Crippen LogP contribution in [0.1, 0.15) is 11.1 Å². The van der Waals surface area contributed by atoms with Gasteiger partial charge in [0.2, 0.25) is 0 Å². The monoisotopic (exact) mass is 174 g/mol. The highest BCUT2D eigenvalue weighted by molar-refractivity contribution is 5.54. The van der Waals surface area contributed by atoms with Crippen molar-refractivity contribution in [1.82, 2.24) is 0 Å². The second-order valence-corrected chi connectivity index (χ2v) is 3.35. The van der Waals surface area contributed by atoms with Crippen LogP contribution >= 0.6 is 0 Å². The summed E-state index contributed by atoms with van der Waals surface area (Å²) in [5.74, 6) is 0. The fourth-order valence-corrected chi connectivity index (χ4v) is 1.34. The maximum absolute atomic E-state index is 8.55. The van der Waals surface area contributed by atoms with Crippen LogP contribution in [0.3, 0.4) is 0 Å². The van der Waals surface area contributed by atoms with E-state index in [1.165, 1.54) is 11.3 Å². The van der Waals surface area contributed by atoms with E-state index in [1.54, 1.807) is 0 Å². The molecule has 0 radical (unpaired) electrons. The van der Waals surface area contributed by atoms with Gasteiger partial charge < -0.3 is 4.90 Å². The topological polar surface area (TPSA) is 27.0 Å². The Labute approximate surface area is 79.4 Å². The summed E-state index contributed by atoms with van der Waals surface area (Å²) in [4.78, 5) is 2.07. The summed E-state index contributed by atoms with van der Waals surface area (Å²) in [6.07, 6.45) is 0.487. The molecular formula is C11H14N2. The van der Waals surface area contributed by atoms with Crippen LogP contribution in [0.2, 0.25) is 0 Å². The van der Waals surface area contributed by atoms with E-state index in [-0.39, 0.29) is 0 Å². The minimum absolute atomic E-state index is 0.487. The van der Waals surface area contributed by atoms with Gasteiger partial charge in [-0.05, 0) is 24.1 Å². The third-order valence-corrected chi connectivity index (χ3v) is 2.04. The highest BCUT2D eigenvalue weighted by Crippen LogP contribution is 2.19. The first-order chi connectivity index (χ1) is 6.15. The quantitative estimate of drug-likeness (QED) is 0.686. The average molecular weight is 174 g/mol. The van der Waals surface area contributed by atoms with Gasteiger partial charge in [-0.1, -0.05) is 12.1 Å². The Bertz CT molecular complexity index is 334. The Kier molecular flexibility index (Phi) is 2.92. The summed E-state index contributed by atoms with van der Waals surface area (Å²) in [6.45, 7) is 2.07. The molecule has 0 saturated heterocycles. The average Bonchev–Trinajstić information content (AvgIpc) is 2.08. The lowest BCUT2D eigenvalue weighted by atomic mass is 10.1. The van der Waals surface area contributed by atoms with Crippen LogP contribution in [-0.4, -0.2) is 14.1 Å². The minimum Gasteiger partial charge on any atom is -0.377 e. The molecular weight excluding hydrogens is 160 g/mol. The molecule has 0 fully saturated rings. The lowest BCUT2D eigenvalue weighted by Gasteiger charge is -2.16. The molecule has 0 aromatic heterocycles. The van der Waals surface area contributed by atoms with E-state index in [0.29, 0.717) is 6.42 Å². The summed E-state index contributed by atoms with van der Waals surface area (Å²) in [6, 6.07) is 8.28. The van der Waals surface area contributed by atoms with Crippen molar-refractivity contribution in [3.63, 3.8) is 0 Å². The first kappa shape index (κ1) is 9.60. The van der Waals surface area contributed by atoms with Gasteiger partial charge in [-0.25, -0.2) is 0 Å². The molecule has 0 aliphatic heterocycles. The Morgan fingerprint density at radius 3 is 2.62 bits per heavy atom. The van der Waals surface area contributed by atoms with Crippen LogP contribution in [0.5, 0.6) is 0 Å². The molecule has 13 heavy (non-hydrogen) atoms. The molecule has 0 aliphatic rings. The number of nitrogens with zero attached hydrogens (tertiary/aromatic N) is 2. The molecule has 0 amide bonds. The summed E-state index contributed by atoms with van der Waals surface area (Å²) in [5, 5.41) is 8.55. The van der Waals surface area contributed by atoms with Crippen molar-refractivity contribution in [3.05, 3.63) is 29.3 Å². The van der Waals surface area contributed by atoms with Crippen molar-refractivity contribution in [2.45, 2.75) is 13.3 Å². The summed E-state index contributed by atoms with van der Waals surface area (Å²) in [5.41, 5.74) is 3.51. The van der Waals surface area contributed by atoms with Gasteiger partial charge in [0.25, 0.3) is 0 Å². The number of nitriles is 1.